The molecular formula is C11H9NaO3. The summed E-state index contributed by atoms with van der Waals surface area (Å²) in [4.78, 5) is 10.1. The van der Waals surface area contributed by atoms with Gasteiger partial charge in [0.1, 0.15) is 0 Å². The van der Waals surface area contributed by atoms with Gasteiger partial charge in [0.2, 0.25) is 0 Å². The average molecular weight is 212 g/mol. The Kier molecular flexibility index (Phi) is 7.72. The molecule has 0 spiro atoms. The molecule has 2 aromatic rings. The zero-order chi connectivity index (χ0) is 10.2. The van der Waals surface area contributed by atoms with Crippen LogP contribution in [0.5, 0.6) is 0 Å². The maximum atomic E-state index is 10.1. The van der Waals surface area contributed by atoms with Gasteiger partial charge < -0.3 is 14.3 Å². The first kappa shape index (κ1) is 14.0. The van der Waals surface area contributed by atoms with Crippen molar-refractivity contribution in [3.63, 3.8) is 0 Å². The molecule has 1 aromatic carbocycles. The number of aromatic carboxylic acids is 1. The van der Waals surface area contributed by atoms with E-state index in [1.807, 2.05) is 12.1 Å². The maximum Gasteiger partial charge on any atom is 1.00 e. The number of carboxylic acids is 1. The van der Waals surface area contributed by atoms with Crippen LogP contribution in [-0.2, 0) is 0 Å². The van der Waals surface area contributed by atoms with Crippen LogP contribution in [0.4, 0.5) is 0 Å². The maximum absolute atomic E-state index is 10.1. The molecule has 0 aliphatic heterocycles. The second-order valence-electron chi connectivity index (χ2n) is 2.45. The zero-order valence-electron chi connectivity index (χ0n) is 8.42. The number of benzene rings is 1. The van der Waals surface area contributed by atoms with Gasteiger partial charge >= 0.3 is 29.6 Å². The van der Waals surface area contributed by atoms with Crippen molar-refractivity contribution >= 4 is 5.97 Å². The molecule has 15 heavy (non-hydrogen) atoms. The van der Waals surface area contributed by atoms with Crippen LogP contribution in [0.3, 0.4) is 0 Å². The van der Waals surface area contributed by atoms with Crippen molar-refractivity contribution in [2.45, 2.75) is 0 Å². The van der Waals surface area contributed by atoms with Crippen molar-refractivity contribution in [3.8, 4) is 0 Å². The van der Waals surface area contributed by atoms with Crippen molar-refractivity contribution in [3.05, 3.63) is 60.6 Å². The van der Waals surface area contributed by atoms with Crippen LogP contribution in [-0.4, -0.2) is 5.97 Å². The Hall–Kier alpha value is -1.03. The minimum atomic E-state index is -1.13. The first-order valence-corrected chi connectivity index (χ1v) is 4.04. The second-order valence-corrected chi connectivity index (χ2v) is 2.45. The Bertz CT molecular complexity index is 339. The quantitative estimate of drug-likeness (QED) is 0.531. The van der Waals surface area contributed by atoms with Crippen molar-refractivity contribution < 1.29 is 43.9 Å². The van der Waals surface area contributed by atoms with Gasteiger partial charge in [-0.3, -0.25) is 0 Å². The normalized spacial score (nSPS) is 8.00. The van der Waals surface area contributed by atoms with Gasteiger partial charge in [0.25, 0.3) is 0 Å². The molecule has 1 heterocycles. The van der Waals surface area contributed by atoms with E-state index < -0.39 is 5.97 Å². The molecule has 0 saturated carbocycles. The van der Waals surface area contributed by atoms with Gasteiger partial charge in [0, 0.05) is 0 Å². The molecule has 2 rings (SSSR count). The predicted molar refractivity (Wildman–Crippen MR) is 49.5 cm³/mol. The molecule has 0 N–H and O–H groups in total. The van der Waals surface area contributed by atoms with E-state index in [0.717, 1.165) is 0 Å². The van der Waals surface area contributed by atoms with Crippen molar-refractivity contribution in [2.75, 3.05) is 0 Å². The fraction of sp³-hybridized carbons (Fsp3) is 0. The third kappa shape index (κ3) is 6.12. The van der Waals surface area contributed by atoms with Crippen molar-refractivity contribution in [1.82, 2.24) is 0 Å². The van der Waals surface area contributed by atoms with Gasteiger partial charge in [-0.05, 0) is 17.7 Å². The second kappa shape index (κ2) is 8.29. The molecule has 0 atom stereocenters. The summed E-state index contributed by atoms with van der Waals surface area (Å²) >= 11 is 0. The van der Waals surface area contributed by atoms with Gasteiger partial charge in [-0.1, -0.05) is 30.3 Å². The third-order valence-electron chi connectivity index (χ3n) is 1.43. The van der Waals surface area contributed by atoms with Gasteiger partial charge in [-0.2, -0.15) is 0 Å². The van der Waals surface area contributed by atoms with Crippen molar-refractivity contribution in [2.24, 2.45) is 0 Å². The Morgan fingerprint density at radius 1 is 1.00 bits per heavy atom. The molecule has 0 fully saturated rings. The molecule has 3 nitrogen and oxygen atoms in total. The van der Waals surface area contributed by atoms with E-state index in [-0.39, 0.29) is 35.1 Å². The fourth-order valence-electron chi connectivity index (χ4n) is 0.801. The van der Waals surface area contributed by atoms with Crippen LogP contribution >= 0.6 is 0 Å². The largest absolute Gasteiger partial charge is 1.00 e. The standard InChI is InChI=1S/C7H6O2.C4H4O.Na/c8-7(9)6-4-2-1-3-5-6;1-2-4-5-3-1;/h1-5H,(H,8,9);1-4H;/q;;+1/p-1. The summed E-state index contributed by atoms with van der Waals surface area (Å²) in [6, 6.07) is 11.7. The Labute approximate surface area is 110 Å². The zero-order valence-corrected chi connectivity index (χ0v) is 10.4. The number of carbonyl (C=O) groups excluding carboxylic acids is 1. The molecule has 72 valence electrons. The average Bonchev–Trinajstić information content (AvgIpc) is 2.77. The number of carbonyl (C=O) groups is 1. The van der Waals surface area contributed by atoms with E-state index in [0.29, 0.717) is 0 Å². The summed E-state index contributed by atoms with van der Waals surface area (Å²) in [7, 11) is 0. The summed E-state index contributed by atoms with van der Waals surface area (Å²) < 4.78 is 4.58. The van der Waals surface area contributed by atoms with Crippen LogP contribution < -0.4 is 34.7 Å². The Balaban J connectivity index is 0.000000280. The smallest absolute Gasteiger partial charge is 0.545 e. The summed E-state index contributed by atoms with van der Waals surface area (Å²) in [6.07, 6.45) is 3.25. The summed E-state index contributed by atoms with van der Waals surface area (Å²) in [6.45, 7) is 0. The molecule has 0 bridgehead atoms. The molecule has 4 heteroatoms. The summed E-state index contributed by atoms with van der Waals surface area (Å²) in [5.74, 6) is -1.13. The number of furan rings is 1. The number of carboxylic acid groups (broad SMARTS) is 1. The van der Waals surface area contributed by atoms with Crippen LogP contribution in [0.1, 0.15) is 10.4 Å². The third-order valence-corrected chi connectivity index (χ3v) is 1.43. The van der Waals surface area contributed by atoms with Gasteiger partial charge in [-0.25, -0.2) is 0 Å². The topological polar surface area (TPSA) is 53.3 Å². The summed E-state index contributed by atoms with van der Waals surface area (Å²) in [5, 5.41) is 10.1. The van der Waals surface area contributed by atoms with E-state index in [1.165, 1.54) is 12.1 Å². The molecule has 0 aliphatic carbocycles. The van der Waals surface area contributed by atoms with Crippen LogP contribution in [0.2, 0.25) is 0 Å². The van der Waals surface area contributed by atoms with E-state index in [9.17, 15) is 9.90 Å². The van der Waals surface area contributed by atoms with E-state index in [4.69, 9.17) is 0 Å². The molecule has 0 aliphatic rings. The minimum absolute atomic E-state index is 0. The fourth-order valence-corrected chi connectivity index (χ4v) is 0.801. The van der Waals surface area contributed by atoms with Crippen LogP contribution in [0.25, 0.3) is 0 Å². The minimum Gasteiger partial charge on any atom is -0.545 e. The number of hydrogen-bond acceptors (Lipinski definition) is 3. The summed E-state index contributed by atoms with van der Waals surface area (Å²) in [5.41, 5.74) is 0.220. The molecule has 1 aromatic heterocycles. The monoisotopic (exact) mass is 212 g/mol. The molecule has 0 amide bonds. The first-order valence-electron chi connectivity index (χ1n) is 4.04. The predicted octanol–water partition coefficient (Wildman–Crippen LogP) is -1.67. The molecule has 0 saturated heterocycles. The van der Waals surface area contributed by atoms with E-state index in [2.05, 4.69) is 4.42 Å². The molecule has 0 radical (unpaired) electrons. The van der Waals surface area contributed by atoms with Gasteiger partial charge in [0.05, 0.1) is 18.5 Å². The van der Waals surface area contributed by atoms with Crippen LogP contribution in [0.15, 0.2) is 59.4 Å². The van der Waals surface area contributed by atoms with Gasteiger partial charge in [0.15, 0.2) is 0 Å². The number of rotatable bonds is 1. The van der Waals surface area contributed by atoms with E-state index >= 15 is 0 Å². The van der Waals surface area contributed by atoms with Crippen LogP contribution in [0, 0.1) is 0 Å². The first-order chi connectivity index (χ1) is 6.80. The SMILES string of the molecule is O=C([O-])c1ccccc1.[Na+].c1ccoc1. The molecular weight excluding hydrogens is 203 g/mol. The van der Waals surface area contributed by atoms with Crippen molar-refractivity contribution in [1.29, 1.82) is 0 Å². The molecule has 0 unspecified atom stereocenters. The van der Waals surface area contributed by atoms with Gasteiger partial charge in [-0.15, -0.1) is 0 Å². The van der Waals surface area contributed by atoms with E-state index in [1.54, 1.807) is 30.7 Å². The Morgan fingerprint density at radius 3 is 1.80 bits per heavy atom. The Morgan fingerprint density at radius 2 is 1.53 bits per heavy atom. The number of hydrogen-bond donors (Lipinski definition) is 0.